The van der Waals surface area contributed by atoms with Gasteiger partial charge in [0.2, 0.25) is 0 Å². The Morgan fingerprint density at radius 1 is 1.15 bits per heavy atom. The molecule has 1 aliphatic rings. The molecule has 1 aliphatic heterocycles. The van der Waals surface area contributed by atoms with E-state index in [0.717, 1.165) is 23.3 Å². The lowest BCUT2D eigenvalue weighted by Crippen LogP contribution is -2.25. The fraction of sp³-hybridized carbons (Fsp3) is 0.381. The number of aryl methyl sites for hydroxylation is 1. The fourth-order valence-electron chi connectivity index (χ4n) is 2.99. The molecule has 3 rings (SSSR count). The normalized spacial score (nSPS) is 14.8. The number of methoxy groups -OCH3 is 1. The molecule has 2 aromatic rings. The number of amides is 1. The average molecular weight is 388 g/mol. The molecule has 0 atom stereocenters. The van der Waals surface area contributed by atoms with E-state index in [-0.39, 0.29) is 5.91 Å². The molecule has 1 N–H and O–H groups in total. The molecule has 3 nitrogen and oxygen atoms in total. The van der Waals surface area contributed by atoms with Crippen LogP contribution in [0.3, 0.4) is 0 Å². The summed E-state index contributed by atoms with van der Waals surface area (Å²) in [6.45, 7) is 2.65. The minimum Gasteiger partial charge on any atom is -0.496 e. The molecule has 1 saturated heterocycles. The van der Waals surface area contributed by atoms with Crippen LogP contribution in [0.25, 0.3) is 0 Å². The highest BCUT2D eigenvalue weighted by Gasteiger charge is 2.17. The summed E-state index contributed by atoms with van der Waals surface area (Å²) in [5.74, 6) is 3.30. The first-order valence-electron chi connectivity index (χ1n) is 8.92. The molecular formula is C21H25NO2S2. The fourth-order valence-corrected chi connectivity index (χ4v) is 5.88. The minimum absolute atomic E-state index is 0.0212. The van der Waals surface area contributed by atoms with Crippen molar-refractivity contribution in [2.75, 3.05) is 25.2 Å². The number of rotatable bonds is 6. The summed E-state index contributed by atoms with van der Waals surface area (Å²) >= 11 is 3.99. The number of nitrogens with one attached hydrogen (secondary N) is 1. The Labute approximate surface area is 164 Å². The predicted octanol–water partition coefficient (Wildman–Crippen LogP) is 4.84. The Balaban J connectivity index is 1.54. The Hall–Kier alpha value is -1.59. The highest BCUT2D eigenvalue weighted by molar-refractivity contribution is 8.16. The third-order valence-electron chi connectivity index (χ3n) is 4.39. The Morgan fingerprint density at radius 3 is 2.58 bits per heavy atom. The maximum absolute atomic E-state index is 12.4. The Morgan fingerprint density at radius 2 is 1.88 bits per heavy atom. The highest BCUT2D eigenvalue weighted by atomic mass is 32.2. The molecule has 0 unspecified atom stereocenters. The summed E-state index contributed by atoms with van der Waals surface area (Å²) in [5, 5.41) is 3.01. The number of thioether (sulfide) groups is 2. The molecule has 0 saturated carbocycles. The van der Waals surface area contributed by atoms with Gasteiger partial charge in [0.1, 0.15) is 5.75 Å². The van der Waals surface area contributed by atoms with Crippen LogP contribution in [-0.2, 0) is 6.42 Å². The average Bonchev–Trinajstić information content (AvgIpc) is 2.69. The van der Waals surface area contributed by atoms with Gasteiger partial charge in [0.25, 0.3) is 5.91 Å². The molecule has 0 aromatic heterocycles. The zero-order chi connectivity index (χ0) is 18.4. The number of hydrogen-bond donors (Lipinski definition) is 1. The summed E-state index contributed by atoms with van der Waals surface area (Å²) in [5.41, 5.74) is 4.34. The molecule has 1 fully saturated rings. The zero-order valence-electron chi connectivity index (χ0n) is 15.3. The first-order chi connectivity index (χ1) is 12.7. The van der Waals surface area contributed by atoms with Gasteiger partial charge < -0.3 is 10.1 Å². The summed E-state index contributed by atoms with van der Waals surface area (Å²) in [7, 11) is 1.68. The number of carbonyl (C=O) groups excluding carboxylic acids is 1. The molecular weight excluding hydrogens is 362 g/mol. The van der Waals surface area contributed by atoms with Crippen molar-refractivity contribution in [1.29, 1.82) is 0 Å². The molecule has 5 heteroatoms. The molecule has 0 aliphatic carbocycles. The van der Waals surface area contributed by atoms with Crippen LogP contribution in [-0.4, -0.2) is 31.1 Å². The highest BCUT2D eigenvalue weighted by Crippen LogP contribution is 2.43. The smallest absolute Gasteiger partial charge is 0.251 e. The third-order valence-corrected chi connectivity index (χ3v) is 7.40. The molecule has 1 amide bonds. The van der Waals surface area contributed by atoms with Crippen LogP contribution in [0.15, 0.2) is 42.5 Å². The number of ether oxygens (including phenoxy) is 1. The van der Waals surface area contributed by atoms with Crippen molar-refractivity contribution in [1.82, 2.24) is 5.32 Å². The SMILES string of the molecule is COc1ccc(C)cc1CCNC(=O)c1ccc(C2SCCCS2)cc1. The van der Waals surface area contributed by atoms with Gasteiger partial charge in [-0.3, -0.25) is 4.79 Å². The van der Waals surface area contributed by atoms with Crippen molar-refractivity contribution in [3.05, 3.63) is 64.7 Å². The standard InChI is InChI=1S/C21H25NO2S2/c1-15-4-9-19(24-2)18(14-15)10-11-22-20(23)16-5-7-17(8-6-16)21-25-12-3-13-26-21/h4-9,14,21H,3,10-13H2,1-2H3,(H,22,23). The van der Waals surface area contributed by atoms with Gasteiger partial charge in [0, 0.05) is 12.1 Å². The van der Waals surface area contributed by atoms with E-state index in [0.29, 0.717) is 11.1 Å². The van der Waals surface area contributed by atoms with Gasteiger partial charge in [-0.1, -0.05) is 29.8 Å². The molecule has 1 heterocycles. The number of carbonyl (C=O) groups is 1. The van der Waals surface area contributed by atoms with Crippen molar-refractivity contribution < 1.29 is 9.53 Å². The van der Waals surface area contributed by atoms with Gasteiger partial charge in [-0.05, 0) is 60.6 Å². The second kappa shape index (κ2) is 9.38. The molecule has 2 aromatic carbocycles. The van der Waals surface area contributed by atoms with Crippen LogP contribution in [0.4, 0.5) is 0 Å². The third kappa shape index (κ3) is 4.98. The molecule has 138 valence electrons. The van der Waals surface area contributed by atoms with Crippen molar-refractivity contribution in [2.24, 2.45) is 0 Å². The summed E-state index contributed by atoms with van der Waals surface area (Å²) in [6, 6.07) is 14.2. The topological polar surface area (TPSA) is 38.3 Å². The Bertz CT molecular complexity index is 740. The second-order valence-corrected chi connectivity index (χ2v) is 9.09. The van der Waals surface area contributed by atoms with E-state index in [1.165, 1.54) is 29.1 Å². The van der Waals surface area contributed by atoms with E-state index in [1.54, 1.807) is 7.11 Å². The van der Waals surface area contributed by atoms with Gasteiger partial charge in [0.15, 0.2) is 0 Å². The van der Waals surface area contributed by atoms with Gasteiger partial charge in [0.05, 0.1) is 11.7 Å². The Kier molecular flexibility index (Phi) is 6.92. The molecule has 26 heavy (non-hydrogen) atoms. The summed E-state index contributed by atoms with van der Waals surface area (Å²) < 4.78 is 5.91. The van der Waals surface area contributed by atoms with Crippen LogP contribution in [0.5, 0.6) is 5.75 Å². The first-order valence-corrected chi connectivity index (χ1v) is 11.0. The maximum Gasteiger partial charge on any atom is 0.251 e. The summed E-state index contributed by atoms with van der Waals surface area (Å²) in [4.78, 5) is 12.4. The predicted molar refractivity (Wildman–Crippen MR) is 112 cm³/mol. The van der Waals surface area contributed by atoms with Gasteiger partial charge in [-0.15, -0.1) is 23.5 Å². The van der Waals surface area contributed by atoms with E-state index < -0.39 is 0 Å². The van der Waals surface area contributed by atoms with E-state index in [4.69, 9.17) is 4.74 Å². The lowest BCUT2D eigenvalue weighted by atomic mass is 10.1. The minimum atomic E-state index is -0.0212. The van der Waals surface area contributed by atoms with Crippen molar-refractivity contribution in [2.45, 2.75) is 24.3 Å². The van der Waals surface area contributed by atoms with Crippen LogP contribution >= 0.6 is 23.5 Å². The van der Waals surface area contributed by atoms with Crippen LogP contribution in [0.2, 0.25) is 0 Å². The zero-order valence-corrected chi connectivity index (χ0v) is 16.9. The molecule has 0 bridgehead atoms. The van der Waals surface area contributed by atoms with E-state index in [9.17, 15) is 4.79 Å². The lowest BCUT2D eigenvalue weighted by Gasteiger charge is -2.21. The molecule has 0 radical (unpaired) electrons. The van der Waals surface area contributed by atoms with Crippen molar-refractivity contribution in [3.63, 3.8) is 0 Å². The van der Waals surface area contributed by atoms with Gasteiger partial charge >= 0.3 is 0 Å². The van der Waals surface area contributed by atoms with E-state index in [1.807, 2.05) is 47.8 Å². The van der Waals surface area contributed by atoms with Crippen LogP contribution in [0.1, 0.15) is 38.1 Å². The largest absolute Gasteiger partial charge is 0.496 e. The lowest BCUT2D eigenvalue weighted by molar-refractivity contribution is 0.0954. The van der Waals surface area contributed by atoms with Crippen molar-refractivity contribution >= 4 is 29.4 Å². The van der Waals surface area contributed by atoms with Crippen LogP contribution in [0, 0.1) is 6.92 Å². The van der Waals surface area contributed by atoms with Crippen LogP contribution < -0.4 is 10.1 Å². The van der Waals surface area contributed by atoms with Gasteiger partial charge in [-0.2, -0.15) is 0 Å². The molecule has 0 spiro atoms. The second-order valence-electron chi connectivity index (χ2n) is 6.37. The quantitative estimate of drug-likeness (QED) is 0.769. The summed E-state index contributed by atoms with van der Waals surface area (Å²) in [6.07, 6.45) is 2.04. The maximum atomic E-state index is 12.4. The van der Waals surface area contributed by atoms with E-state index >= 15 is 0 Å². The first kappa shape index (κ1) is 19.2. The van der Waals surface area contributed by atoms with Crippen molar-refractivity contribution in [3.8, 4) is 5.75 Å². The monoisotopic (exact) mass is 387 g/mol. The van der Waals surface area contributed by atoms with E-state index in [2.05, 4.69) is 30.4 Å². The number of hydrogen-bond acceptors (Lipinski definition) is 4. The van der Waals surface area contributed by atoms with Gasteiger partial charge in [-0.25, -0.2) is 0 Å². The number of benzene rings is 2.